The monoisotopic (exact) mass is 1780 g/mol. The summed E-state index contributed by atoms with van der Waals surface area (Å²) in [5, 5.41) is 50.7. The van der Waals surface area contributed by atoms with Gasteiger partial charge in [-0.05, 0) is 153 Å². The first-order chi connectivity index (χ1) is 58.8. The summed E-state index contributed by atoms with van der Waals surface area (Å²) in [6.45, 7) is 18.1. The quantitative estimate of drug-likeness (QED) is 0.0164. The van der Waals surface area contributed by atoms with Gasteiger partial charge < -0.3 is 112 Å². The van der Waals surface area contributed by atoms with Gasteiger partial charge in [0.2, 0.25) is 100 Å². The Kier molecular flexibility index (Phi) is 39.2. The van der Waals surface area contributed by atoms with Gasteiger partial charge in [0.25, 0.3) is 0 Å². The van der Waals surface area contributed by atoms with Crippen molar-refractivity contribution in [3.05, 3.63) is 102 Å². The fourth-order valence-corrected chi connectivity index (χ4v) is 16.9. The number of rotatable bonds is 41. The number of aromatic amines is 2. The van der Waals surface area contributed by atoms with E-state index in [0.717, 1.165) is 51.8 Å². The largest absolute Gasteiger partial charge is 0.391 e. The number of carbonyl (C=O) groups excluding carboxylic acids is 17. The minimum atomic E-state index is -2.01. The Morgan fingerprint density at radius 2 is 1.19 bits per heavy atom. The SMILES string of the molecule is CC(=O)NCCCC[C@@H]1NC(=O)[C@H](Cc2c[nH]c3c(C)cccc23)NC(=O)[C@H]([C@@H](C)O)NC(=O)[C@H](CC(N)=O)NC(=O)[C@@H](NC(C)=O)C(C)(C)SSC(C)(C)[C@@H](C(=O)N[C@@H](Cc2cnc[nH]2)C(=O)N[C@@H](Cc2ccc3ccccc3c2)C(=O)N[C@@](C)(CCCCN)C(=O)N[C@@H](CCCCNC(C)=O)C(=O)N[C@@H](CC(N)=O)C(=O)N[C@H](CC(C)C)C(N)=O)NC1=O. The highest BCUT2D eigenvalue weighted by Gasteiger charge is 2.47. The predicted octanol–water partition coefficient (Wildman–Crippen LogP) is -1.03. The first kappa shape index (κ1) is 102. The Bertz CT molecular complexity index is 4680. The van der Waals surface area contributed by atoms with E-state index in [-0.39, 0.29) is 114 Å². The number of nitrogens with one attached hydrogen (secondary N) is 16. The summed E-state index contributed by atoms with van der Waals surface area (Å²) in [6.07, 6.45) is 0.697. The molecular formula is C84H123N21O18S2. The van der Waals surface area contributed by atoms with Gasteiger partial charge in [-0.3, -0.25) is 81.5 Å². The van der Waals surface area contributed by atoms with Gasteiger partial charge >= 0.3 is 0 Å². The number of amides is 17. The first-order valence-electron chi connectivity index (χ1n) is 41.6. The topological polar surface area (TPSA) is 627 Å². The van der Waals surface area contributed by atoms with Crippen molar-refractivity contribution >= 4 is 144 Å². The van der Waals surface area contributed by atoms with Gasteiger partial charge in [0, 0.05) is 91.6 Å². The van der Waals surface area contributed by atoms with Gasteiger partial charge in [-0.2, -0.15) is 0 Å². The molecule has 6 rings (SSSR count). The van der Waals surface area contributed by atoms with Gasteiger partial charge in [0.15, 0.2) is 0 Å². The molecule has 17 amide bonds. The molecule has 2 aromatic heterocycles. The summed E-state index contributed by atoms with van der Waals surface area (Å²) < 4.78 is -3.19. The number of aliphatic hydroxyl groups is 1. The van der Waals surface area contributed by atoms with Crippen molar-refractivity contribution in [2.45, 2.75) is 267 Å². The van der Waals surface area contributed by atoms with Gasteiger partial charge in [-0.1, -0.05) is 96.1 Å². The van der Waals surface area contributed by atoms with Crippen LogP contribution in [0.5, 0.6) is 0 Å². The Balaban J connectivity index is 1.50. The molecule has 0 unspecified atom stereocenters. The molecule has 3 aromatic carbocycles. The van der Waals surface area contributed by atoms with Gasteiger partial charge in [-0.15, -0.1) is 0 Å². The Morgan fingerprint density at radius 3 is 1.81 bits per heavy atom. The van der Waals surface area contributed by atoms with E-state index < -0.39 is 195 Å². The van der Waals surface area contributed by atoms with Gasteiger partial charge in [-0.25, -0.2) is 4.98 Å². The number of para-hydroxylation sites is 1. The smallest absolute Gasteiger partial charge is 0.246 e. The number of nitrogens with two attached hydrogens (primary N) is 4. The second-order valence-corrected chi connectivity index (χ2v) is 36.6. The van der Waals surface area contributed by atoms with Crippen LogP contribution >= 0.6 is 21.6 Å². The number of nitrogens with zero attached hydrogens (tertiary/aromatic N) is 1. The molecule has 3 heterocycles. The van der Waals surface area contributed by atoms with Crippen LogP contribution in [-0.2, 0) is 101 Å². The molecular weight excluding hydrogens is 1660 g/mol. The summed E-state index contributed by atoms with van der Waals surface area (Å²) in [5.74, 6) is -16.1. The maximum atomic E-state index is 16.1. The average Bonchev–Trinajstić information content (AvgIpc) is 1.74. The van der Waals surface area contributed by atoms with Crippen molar-refractivity contribution < 1.29 is 86.6 Å². The normalized spacial score (nSPS) is 19.6. The van der Waals surface area contributed by atoms with Crippen LogP contribution < -0.4 is 97.4 Å². The maximum Gasteiger partial charge on any atom is 0.246 e. The van der Waals surface area contributed by atoms with E-state index in [0.29, 0.717) is 28.5 Å². The Morgan fingerprint density at radius 1 is 0.592 bits per heavy atom. The zero-order chi connectivity index (χ0) is 92.8. The van der Waals surface area contributed by atoms with Crippen LogP contribution in [0.3, 0.4) is 0 Å². The van der Waals surface area contributed by atoms with E-state index in [1.807, 2.05) is 31.2 Å². The van der Waals surface area contributed by atoms with Crippen LogP contribution in [-0.4, -0.2) is 228 Å². The number of aliphatic hydroxyl groups excluding tert-OH is 1. The third-order valence-electron chi connectivity index (χ3n) is 21.0. The van der Waals surface area contributed by atoms with Crippen molar-refractivity contribution in [2.24, 2.45) is 28.9 Å². The summed E-state index contributed by atoms with van der Waals surface area (Å²) in [7, 11) is 1.82. The van der Waals surface area contributed by atoms with E-state index >= 15 is 28.8 Å². The molecule has 41 heteroatoms. The molecule has 0 spiro atoms. The molecule has 0 bridgehead atoms. The molecule has 13 atom stereocenters. The number of hydrogen-bond donors (Lipinski definition) is 21. The molecule has 684 valence electrons. The lowest BCUT2D eigenvalue weighted by atomic mass is 9.91. The molecule has 0 saturated carbocycles. The number of H-pyrrole nitrogens is 2. The summed E-state index contributed by atoms with van der Waals surface area (Å²) in [5.41, 5.74) is 23.6. The van der Waals surface area contributed by atoms with E-state index in [2.05, 4.69) is 89.4 Å². The summed E-state index contributed by atoms with van der Waals surface area (Å²) in [6, 6.07) is -0.468. The molecule has 5 aromatic rings. The van der Waals surface area contributed by atoms with Gasteiger partial charge in [0.1, 0.15) is 72.0 Å². The third-order valence-corrected chi connectivity index (χ3v) is 25.2. The molecule has 0 radical (unpaired) electrons. The molecule has 1 aliphatic heterocycles. The number of primary amides is 3. The van der Waals surface area contributed by atoms with Crippen LogP contribution in [0.15, 0.2) is 79.4 Å². The molecule has 0 aliphatic carbocycles. The van der Waals surface area contributed by atoms with Crippen LogP contribution in [0.4, 0.5) is 0 Å². The molecule has 1 saturated heterocycles. The van der Waals surface area contributed by atoms with Crippen LogP contribution in [0, 0.1) is 12.8 Å². The van der Waals surface area contributed by atoms with Crippen molar-refractivity contribution in [1.82, 2.24) is 89.4 Å². The Labute approximate surface area is 733 Å². The number of aryl methyl sites for hydroxylation is 1. The second kappa shape index (κ2) is 48.0. The van der Waals surface area contributed by atoms with Crippen LogP contribution in [0.2, 0.25) is 0 Å². The minimum absolute atomic E-state index is 0.0897. The van der Waals surface area contributed by atoms with Crippen LogP contribution in [0.1, 0.15) is 176 Å². The zero-order valence-electron chi connectivity index (χ0n) is 72.7. The zero-order valence-corrected chi connectivity index (χ0v) is 74.3. The van der Waals surface area contributed by atoms with Gasteiger partial charge in [0.05, 0.1) is 25.3 Å². The minimum Gasteiger partial charge on any atom is -0.391 e. The number of aromatic nitrogens is 3. The number of fused-ring (bicyclic) bond motifs is 2. The van der Waals surface area contributed by atoms with Crippen molar-refractivity contribution in [3.63, 3.8) is 0 Å². The lowest BCUT2D eigenvalue weighted by Crippen LogP contribution is -2.65. The fraction of sp³-hybridized carbons (Fsp3) is 0.548. The maximum absolute atomic E-state index is 16.1. The van der Waals surface area contributed by atoms with Crippen molar-refractivity contribution in [1.29, 1.82) is 0 Å². The average molecular weight is 1780 g/mol. The van der Waals surface area contributed by atoms with Crippen LogP contribution in [0.25, 0.3) is 21.7 Å². The first-order valence-corrected chi connectivity index (χ1v) is 43.7. The standard InChI is InChI=1S/C84H123N21O18S2/c1-44(2)34-58(70(88)112)96-75(117)62(39-64(86)110)98-71(113)57(27-16-20-33-91-48(6)108)102-81(123)84(12,30-17-18-31-85)105-77(119)59(36-50-28-29-51-23-13-14-24-52(51)35-50)97-74(116)61(38-54-42-89-43-93-54)100-80(122)69-83(10,11)125-124-82(8,9)68(94-49(7)109)79(121)101-63(40-65(87)111)76(118)103-67(46(4)106)78(120)99-60(37-53-41-92-66-45(3)22-21-25-55(53)66)73(115)95-56(72(114)104-69)26-15-19-32-90-47(5)107/h13-14,21-25,28-29,35,41-44,46,56-63,67-69,92,106H,15-20,26-27,30-34,36-40,85H2,1-12H3,(H2,86,110)(H2,87,111)(H2,88,112)(H,89,93)(H,90,107)(H,91,108)(H,94,109)(H,95,115)(H,96,117)(H,97,116)(H,98,113)(H,99,120)(H,100,122)(H,101,121)(H,102,123)(H,103,118)(H,104,114)(H,105,119)/t46-,56+,57+,58-,59+,60+,61+,62+,63+,67+,68-,69-,84+/m1/s1. The number of imidazole rings is 1. The Hall–Kier alpha value is -11.7. The highest BCUT2D eigenvalue weighted by Crippen LogP contribution is 2.47. The summed E-state index contributed by atoms with van der Waals surface area (Å²) in [4.78, 5) is 252. The number of benzene rings is 3. The van der Waals surface area contributed by atoms with Crippen molar-refractivity contribution in [3.8, 4) is 0 Å². The highest BCUT2D eigenvalue weighted by atomic mass is 33.1. The van der Waals surface area contributed by atoms with E-state index in [4.69, 9.17) is 22.9 Å². The van der Waals surface area contributed by atoms with E-state index in [1.165, 1.54) is 61.0 Å². The lowest BCUT2D eigenvalue weighted by molar-refractivity contribution is -0.138. The van der Waals surface area contributed by atoms with E-state index in [1.54, 1.807) is 56.4 Å². The number of unbranched alkanes of at least 4 members (excludes halogenated alkanes) is 3. The lowest BCUT2D eigenvalue weighted by Gasteiger charge is -2.39. The molecule has 1 aliphatic rings. The molecule has 25 N–H and O–H groups in total. The molecule has 39 nitrogen and oxygen atoms in total. The second-order valence-electron chi connectivity index (χ2n) is 33.2. The predicted molar refractivity (Wildman–Crippen MR) is 469 cm³/mol. The summed E-state index contributed by atoms with van der Waals surface area (Å²) >= 11 is 0. The molecule has 1 fully saturated rings. The molecule has 125 heavy (non-hydrogen) atoms. The third kappa shape index (κ3) is 32.1. The van der Waals surface area contributed by atoms with E-state index in [9.17, 15) is 57.8 Å². The highest BCUT2D eigenvalue weighted by molar-refractivity contribution is 8.77. The number of carbonyl (C=O) groups is 17. The fourth-order valence-electron chi connectivity index (χ4n) is 14.1. The van der Waals surface area contributed by atoms with Crippen molar-refractivity contribution in [2.75, 3.05) is 19.6 Å². The number of hydrogen-bond acceptors (Lipinski definition) is 22.